The van der Waals surface area contributed by atoms with Crippen molar-refractivity contribution in [3.63, 3.8) is 0 Å². The number of pyridine rings is 1. The molecule has 20 heavy (non-hydrogen) atoms. The van der Waals surface area contributed by atoms with Gasteiger partial charge >= 0.3 is 5.97 Å². The fraction of sp³-hybridized carbons (Fsp3) is 0.231. The molecule has 0 amide bonds. The van der Waals surface area contributed by atoms with E-state index in [2.05, 4.69) is 15.0 Å². The van der Waals surface area contributed by atoms with E-state index in [1.165, 1.54) is 11.8 Å². The number of carboxylic acid groups (broad SMARTS) is 1. The van der Waals surface area contributed by atoms with Crippen molar-refractivity contribution < 1.29 is 9.90 Å². The van der Waals surface area contributed by atoms with Gasteiger partial charge in [-0.15, -0.1) is 11.8 Å². The maximum Gasteiger partial charge on any atom is 0.340 e. The number of thioether (sulfide) groups is 1. The van der Waals surface area contributed by atoms with Crippen LogP contribution < -0.4 is 0 Å². The Hall–Kier alpha value is -1.66. The summed E-state index contributed by atoms with van der Waals surface area (Å²) in [6.45, 7) is 3.40. The van der Waals surface area contributed by atoms with Crippen LogP contribution in [0.4, 0.5) is 0 Å². The smallest absolute Gasteiger partial charge is 0.340 e. The molecule has 0 spiro atoms. The molecule has 2 aromatic heterocycles. The van der Waals surface area contributed by atoms with Crippen LogP contribution >= 0.6 is 23.4 Å². The van der Waals surface area contributed by atoms with Gasteiger partial charge in [0.2, 0.25) is 0 Å². The second-order valence-corrected chi connectivity index (χ2v) is 5.41. The Balaban J connectivity index is 2.30. The third kappa shape index (κ3) is 3.26. The van der Waals surface area contributed by atoms with E-state index >= 15 is 0 Å². The topological polar surface area (TPSA) is 76.0 Å². The minimum Gasteiger partial charge on any atom is -0.478 e. The summed E-state index contributed by atoms with van der Waals surface area (Å²) in [5, 5.41) is 10.1. The quantitative estimate of drug-likeness (QED) is 0.531. The second-order valence-electron chi connectivity index (χ2n) is 4.08. The molecule has 2 heterocycles. The standard InChI is InChI=1S/C13H12ClN3O2S/c1-7-10(13(18)19)12(17-8(2)16-7)20-6-9-4-3-5-15-11(9)14/h3-5H,6H2,1-2H3,(H,18,19). The Morgan fingerprint density at radius 3 is 2.80 bits per heavy atom. The first kappa shape index (κ1) is 14.7. The van der Waals surface area contributed by atoms with E-state index < -0.39 is 5.97 Å². The minimum absolute atomic E-state index is 0.139. The lowest BCUT2D eigenvalue weighted by Gasteiger charge is -2.09. The van der Waals surface area contributed by atoms with E-state index in [-0.39, 0.29) is 5.56 Å². The highest BCUT2D eigenvalue weighted by atomic mass is 35.5. The van der Waals surface area contributed by atoms with Gasteiger partial charge in [0.05, 0.1) is 5.69 Å². The van der Waals surface area contributed by atoms with Crippen LogP contribution in [0.3, 0.4) is 0 Å². The highest BCUT2D eigenvalue weighted by Gasteiger charge is 2.17. The summed E-state index contributed by atoms with van der Waals surface area (Å²) in [4.78, 5) is 23.6. The van der Waals surface area contributed by atoms with Gasteiger partial charge in [-0.25, -0.2) is 19.7 Å². The predicted molar refractivity (Wildman–Crippen MR) is 77.3 cm³/mol. The highest BCUT2D eigenvalue weighted by molar-refractivity contribution is 7.98. The molecule has 0 aliphatic heterocycles. The Kier molecular flexibility index (Phi) is 4.57. The van der Waals surface area contributed by atoms with Crippen LogP contribution in [0.15, 0.2) is 23.4 Å². The van der Waals surface area contributed by atoms with Crippen molar-refractivity contribution in [1.82, 2.24) is 15.0 Å². The molecule has 0 saturated carbocycles. The predicted octanol–water partition coefficient (Wildman–Crippen LogP) is 3.13. The van der Waals surface area contributed by atoms with Crippen LogP contribution in [0, 0.1) is 13.8 Å². The van der Waals surface area contributed by atoms with Gasteiger partial charge in [-0.2, -0.15) is 0 Å². The van der Waals surface area contributed by atoms with Crippen molar-refractivity contribution in [2.45, 2.75) is 24.6 Å². The van der Waals surface area contributed by atoms with E-state index in [0.29, 0.717) is 27.5 Å². The zero-order valence-electron chi connectivity index (χ0n) is 10.9. The van der Waals surface area contributed by atoms with Crippen LogP contribution in [0.5, 0.6) is 0 Å². The Morgan fingerprint density at radius 2 is 2.15 bits per heavy atom. The zero-order valence-corrected chi connectivity index (χ0v) is 12.5. The van der Waals surface area contributed by atoms with Crippen LogP contribution in [0.1, 0.15) is 27.4 Å². The molecule has 0 aliphatic carbocycles. The maximum atomic E-state index is 11.3. The van der Waals surface area contributed by atoms with Gasteiger partial charge in [0.1, 0.15) is 21.6 Å². The van der Waals surface area contributed by atoms with Gasteiger partial charge in [0.25, 0.3) is 0 Å². The summed E-state index contributed by atoms with van der Waals surface area (Å²) >= 11 is 7.30. The number of rotatable bonds is 4. The summed E-state index contributed by atoms with van der Waals surface area (Å²) in [5.74, 6) is 0.0256. The lowest BCUT2D eigenvalue weighted by Crippen LogP contribution is -2.08. The number of aromatic carboxylic acids is 1. The van der Waals surface area contributed by atoms with Crippen LogP contribution in [-0.4, -0.2) is 26.0 Å². The van der Waals surface area contributed by atoms with Crippen molar-refractivity contribution in [3.05, 3.63) is 46.1 Å². The van der Waals surface area contributed by atoms with Crippen molar-refractivity contribution in [1.29, 1.82) is 0 Å². The third-order valence-electron chi connectivity index (χ3n) is 2.58. The summed E-state index contributed by atoms with van der Waals surface area (Å²) in [6, 6.07) is 3.64. The number of aryl methyl sites for hydroxylation is 2. The molecule has 0 unspecified atom stereocenters. The highest BCUT2D eigenvalue weighted by Crippen LogP contribution is 2.28. The zero-order chi connectivity index (χ0) is 14.7. The molecule has 104 valence electrons. The largest absolute Gasteiger partial charge is 0.478 e. The molecule has 5 nitrogen and oxygen atoms in total. The first-order valence-electron chi connectivity index (χ1n) is 5.79. The maximum absolute atomic E-state index is 11.3. The number of aromatic nitrogens is 3. The van der Waals surface area contributed by atoms with Crippen LogP contribution in [-0.2, 0) is 5.75 Å². The molecule has 2 rings (SSSR count). The molecule has 0 bridgehead atoms. The lowest BCUT2D eigenvalue weighted by molar-refractivity contribution is 0.0690. The SMILES string of the molecule is Cc1nc(C)c(C(=O)O)c(SCc2cccnc2Cl)n1. The fourth-order valence-electron chi connectivity index (χ4n) is 1.71. The van der Waals surface area contributed by atoms with E-state index in [1.807, 2.05) is 6.07 Å². The molecule has 0 aromatic carbocycles. The van der Waals surface area contributed by atoms with Crippen LogP contribution in [0.25, 0.3) is 0 Å². The third-order valence-corrected chi connectivity index (χ3v) is 3.95. The average molecular weight is 310 g/mol. The number of nitrogens with zero attached hydrogens (tertiary/aromatic N) is 3. The van der Waals surface area contributed by atoms with Gasteiger partial charge < -0.3 is 5.11 Å². The molecular formula is C13H12ClN3O2S. The number of carbonyl (C=O) groups is 1. The first-order chi connectivity index (χ1) is 9.49. The Bertz CT molecular complexity index is 664. The minimum atomic E-state index is -1.03. The van der Waals surface area contributed by atoms with E-state index in [1.54, 1.807) is 26.1 Å². The fourth-order valence-corrected chi connectivity index (χ4v) is 3.07. The van der Waals surface area contributed by atoms with Gasteiger partial charge in [0, 0.05) is 11.9 Å². The van der Waals surface area contributed by atoms with Crippen LogP contribution in [0.2, 0.25) is 5.15 Å². The van der Waals surface area contributed by atoms with Crippen molar-refractivity contribution in [2.75, 3.05) is 0 Å². The van der Waals surface area contributed by atoms with Crippen molar-refractivity contribution in [2.24, 2.45) is 0 Å². The Labute approximate surface area is 125 Å². The molecule has 7 heteroatoms. The molecule has 1 N–H and O–H groups in total. The molecule has 0 aliphatic rings. The lowest BCUT2D eigenvalue weighted by atomic mass is 10.2. The monoisotopic (exact) mass is 309 g/mol. The second kappa shape index (κ2) is 6.19. The molecular weight excluding hydrogens is 298 g/mol. The van der Waals surface area contributed by atoms with E-state index in [9.17, 15) is 9.90 Å². The van der Waals surface area contributed by atoms with E-state index in [0.717, 1.165) is 5.56 Å². The van der Waals surface area contributed by atoms with Gasteiger partial charge in [-0.3, -0.25) is 0 Å². The summed E-state index contributed by atoms with van der Waals surface area (Å²) in [6.07, 6.45) is 1.61. The first-order valence-corrected chi connectivity index (χ1v) is 7.16. The number of halogens is 1. The summed E-state index contributed by atoms with van der Waals surface area (Å²) in [7, 11) is 0. The summed E-state index contributed by atoms with van der Waals surface area (Å²) < 4.78 is 0. The van der Waals surface area contributed by atoms with E-state index in [4.69, 9.17) is 11.6 Å². The average Bonchev–Trinajstić information content (AvgIpc) is 2.36. The molecule has 0 fully saturated rings. The van der Waals surface area contributed by atoms with Gasteiger partial charge in [-0.05, 0) is 25.5 Å². The number of hydrogen-bond acceptors (Lipinski definition) is 5. The normalized spacial score (nSPS) is 10.6. The molecule has 0 radical (unpaired) electrons. The number of hydrogen-bond donors (Lipinski definition) is 1. The molecule has 0 saturated heterocycles. The van der Waals surface area contributed by atoms with Gasteiger partial charge in [0.15, 0.2) is 0 Å². The van der Waals surface area contributed by atoms with Crippen molar-refractivity contribution in [3.8, 4) is 0 Å². The van der Waals surface area contributed by atoms with Crippen molar-refractivity contribution >= 4 is 29.3 Å². The summed E-state index contributed by atoms with van der Waals surface area (Å²) in [5.41, 5.74) is 1.44. The Morgan fingerprint density at radius 1 is 1.40 bits per heavy atom. The van der Waals surface area contributed by atoms with Gasteiger partial charge in [-0.1, -0.05) is 17.7 Å². The number of carboxylic acids is 1. The molecule has 2 aromatic rings. The molecule has 0 atom stereocenters.